The van der Waals surface area contributed by atoms with Crippen molar-refractivity contribution in [2.45, 2.75) is 51.0 Å². The zero-order chi connectivity index (χ0) is 12.1. The number of amides is 1. The Morgan fingerprint density at radius 3 is 2.53 bits per heavy atom. The third kappa shape index (κ3) is 3.58. The highest BCUT2D eigenvalue weighted by molar-refractivity contribution is 5.92. The summed E-state index contributed by atoms with van der Waals surface area (Å²) in [6.07, 6.45) is 10.4. The van der Waals surface area contributed by atoms with Crippen LogP contribution < -0.4 is 5.32 Å². The molecule has 0 atom stereocenters. The van der Waals surface area contributed by atoms with Crippen LogP contribution in [0.15, 0.2) is 12.3 Å². The molecule has 0 saturated heterocycles. The van der Waals surface area contributed by atoms with Crippen LogP contribution >= 0.6 is 0 Å². The average molecular weight is 235 g/mol. The largest absolute Gasteiger partial charge is 0.348 e. The molecule has 1 N–H and O–H groups in total. The number of nitrogens with one attached hydrogen (secondary N) is 1. The van der Waals surface area contributed by atoms with E-state index in [0.29, 0.717) is 11.7 Å². The van der Waals surface area contributed by atoms with Gasteiger partial charge >= 0.3 is 0 Å². The predicted octanol–water partition coefficient (Wildman–Crippen LogP) is 2.26. The van der Waals surface area contributed by atoms with Gasteiger partial charge in [0.25, 0.3) is 5.91 Å². The summed E-state index contributed by atoms with van der Waals surface area (Å²) < 4.78 is 1.66. The van der Waals surface area contributed by atoms with Crippen LogP contribution in [0.4, 0.5) is 0 Å². The molecule has 1 saturated carbocycles. The average Bonchev–Trinajstić information content (AvgIpc) is 2.68. The molecule has 94 valence electrons. The highest BCUT2D eigenvalue weighted by atomic mass is 16.2. The Morgan fingerprint density at radius 1 is 1.29 bits per heavy atom. The molecule has 0 bridgehead atoms. The van der Waals surface area contributed by atoms with Gasteiger partial charge in [0.1, 0.15) is 5.69 Å². The van der Waals surface area contributed by atoms with Crippen LogP contribution in [-0.4, -0.2) is 21.7 Å². The number of rotatable bonds is 2. The Labute approximate surface area is 102 Å². The Kier molecular flexibility index (Phi) is 4.18. The molecule has 1 aromatic heterocycles. The van der Waals surface area contributed by atoms with Gasteiger partial charge in [-0.1, -0.05) is 32.1 Å². The number of aromatic nitrogens is 2. The first-order valence-electron chi connectivity index (χ1n) is 6.56. The lowest BCUT2D eigenvalue weighted by Crippen LogP contribution is -2.35. The fraction of sp³-hybridized carbons (Fsp3) is 0.692. The number of nitrogens with zero attached hydrogens (tertiary/aromatic N) is 2. The van der Waals surface area contributed by atoms with Gasteiger partial charge in [-0.3, -0.25) is 9.48 Å². The molecule has 0 radical (unpaired) electrons. The van der Waals surface area contributed by atoms with E-state index in [9.17, 15) is 4.79 Å². The number of carbonyl (C=O) groups is 1. The zero-order valence-corrected chi connectivity index (χ0v) is 10.5. The van der Waals surface area contributed by atoms with Crippen molar-refractivity contribution in [3.8, 4) is 0 Å². The molecule has 4 heteroatoms. The first-order valence-corrected chi connectivity index (χ1v) is 6.56. The Balaban J connectivity index is 1.88. The first-order chi connectivity index (χ1) is 8.25. The number of carbonyl (C=O) groups excluding carboxylic acids is 1. The maximum Gasteiger partial charge on any atom is 0.271 e. The van der Waals surface area contributed by atoms with Crippen molar-refractivity contribution >= 4 is 5.91 Å². The van der Waals surface area contributed by atoms with Crippen molar-refractivity contribution in [2.24, 2.45) is 7.05 Å². The van der Waals surface area contributed by atoms with Crippen LogP contribution in [-0.2, 0) is 7.05 Å². The molecule has 0 spiro atoms. The SMILES string of the molecule is Cn1ccc(C(=O)NC2CCCCCCC2)n1. The smallest absolute Gasteiger partial charge is 0.271 e. The molecule has 1 fully saturated rings. The van der Waals surface area contributed by atoms with Gasteiger partial charge in [-0.25, -0.2) is 0 Å². The van der Waals surface area contributed by atoms with E-state index >= 15 is 0 Å². The third-order valence-electron chi connectivity index (χ3n) is 3.39. The van der Waals surface area contributed by atoms with E-state index in [1.165, 1.54) is 32.1 Å². The monoisotopic (exact) mass is 235 g/mol. The molecular weight excluding hydrogens is 214 g/mol. The summed E-state index contributed by atoms with van der Waals surface area (Å²) in [5.41, 5.74) is 0.523. The summed E-state index contributed by atoms with van der Waals surface area (Å²) in [5, 5.41) is 7.22. The summed E-state index contributed by atoms with van der Waals surface area (Å²) in [6.45, 7) is 0. The Hall–Kier alpha value is -1.32. The summed E-state index contributed by atoms with van der Waals surface area (Å²) in [5.74, 6) is -0.0313. The van der Waals surface area contributed by atoms with Crippen LogP contribution in [0.2, 0.25) is 0 Å². The van der Waals surface area contributed by atoms with Crippen LogP contribution in [0.25, 0.3) is 0 Å². The molecule has 1 aliphatic rings. The number of aryl methyl sites for hydroxylation is 1. The standard InChI is InChI=1S/C13H21N3O/c1-16-10-9-12(15-16)13(17)14-11-7-5-3-2-4-6-8-11/h9-11H,2-8H2,1H3,(H,14,17). The lowest BCUT2D eigenvalue weighted by molar-refractivity contribution is 0.0924. The molecule has 1 amide bonds. The summed E-state index contributed by atoms with van der Waals surface area (Å²) in [4.78, 5) is 11.9. The molecule has 1 aliphatic carbocycles. The summed E-state index contributed by atoms with van der Waals surface area (Å²) in [7, 11) is 1.83. The lowest BCUT2D eigenvalue weighted by Gasteiger charge is -2.20. The Bertz CT molecular complexity index is 364. The minimum atomic E-state index is -0.0313. The molecule has 0 unspecified atom stereocenters. The van der Waals surface area contributed by atoms with E-state index in [0.717, 1.165) is 12.8 Å². The highest BCUT2D eigenvalue weighted by Gasteiger charge is 2.16. The molecule has 1 heterocycles. The number of hydrogen-bond acceptors (Lipinski definition) is 2. The second-order valence-electron chi connectivity index (χ2n) is 4.89. The number of hydrogen-bond donors (Lipinski definition) is 1. The van der Waals surface area contributed by atoms with Crippen LogP contribution in [0.5, 0.6) is 0 Å². The molecule has 0 aliphatic heterocycles. The van der Waals surface area contributed by atoms with Gasteiger partial charge in [0, 0.05) is 19.3 Å². The van der Waals surface area contributed by atoms with Crippen molar-refractivity contribution in [3.63, 3.8) is 0 Å². The minimum absolute atomic E-state index is 0.0313. The van der Waals surface area contributed by atoms with E-state index in [2.05, 4.69) is 10.4 Å². The quantitative estimate of drug-likeness (QED) is 0.854. The molecule has 1 aromatic rings. The maximum atomic E-state index is 11.9. The van der Waals surface area contributed by atoms with Crippen LogP contribution in [0.1, 0.15) is 55.4 Å². The molecular formula is C13H21N3O. The summed E-state index contributed by atoms with van der Waals surface area (Å²) >= 11 is 0. The van der Waals surface area contributed by atoms with Gasteiger partial charge in [0.05, 0.1) is 0 Å². The highest BCUT2D eigenvalue weighted by Crippen LogP contribution is 2.17. The third-order valence-corrected chi connectivity index (χ3v) is 3.39. The Morgan fingerprint density at radius 2 is 1.94 bits per heavy atom. The van der Waals surface area contributed by atoms with Gasteiger partial charge < -0.3 is 5.32 Å². The van der Waals surface area contributed by atoms with Gasteiger partial charge in [0.15, 0.2) is 0 Å². The zero-order valence-electron chi connectivity index (χ0n) is 10.5. The van der Waals surface area contributed by atoms with E-state index < -0.39 is 0 Å². The van der Waals surface area contributed by atoms with E-state index in [1.54, 1.807) is 16.9 Å². The minimum Gasteiger partial charge on any atom is -0.348 e. The van der Waals surface area contributed by atoms with Gasteiger partial charge in [-0.15, -0.1) is 0 Å². The van der Waals surface area contributed by atoms with Gasteiger partial charge in [-0.2, -0.15) is 5.10 Å². The fourth-order valence-electron chi connectivity index (χ4n) is 2.40. The molecule has 0 aromatic carbocycles. The molecule has 2 rings (SSSR count). The fourth-order valence-corrected chi connectivity index (χ4v) is 2.40. The topological polar surface area (TPSA) is 46.9 Å². The second kappa shape index (κ2) is 5.84. The maximum absolute atomic E-state index is 11.9. The van der Waals surface area contributed by atoms with E-state index in [-0.39, 0.29) is 5.91 Å². The van der Waals surface area contributed by atoms with Gasteiger partial charge in [-0.05, 0) is 18.9 Å². The van der Waals surface area contributed by atoms with Crippen molar-refractivity contribution in [1.82, 2.24) is 15.1 Å². The van der Waals surface area contributed by atoms with Crippen molar-refractivity contribution in [1.29, 1.82) is 0 Å². The van der Waals surface area contributed by atoms with Crippen molar-refractivity contribution in [3.05, 3.63) is 18.0 Å². The van der Waals surface area contributed by atoms with Gasteiger partial charge in [0.2, 0.25) is 0 Å². The van der Waals surface area contributed by atoms with Crippen LogP contribution in [0, 0.1) is 0 Å². The predicted molar refractivity (Wildman–Crippen MR) is 66.8 cm³/mol. The molecule has 4 nitrogen and oxygen atoms in total. The normalized spacial score (nSPS) is 18.4. The summed E-state index contributed by atoms with van der Waals surface area (Å²) in [6, 6.07) is 2.10. The molecule has 17 heavy (non-hydrogen) atoms. The lowest BCUT2D eigenvalue weighted by atomic mass is 9.96. The van der Waals surface area contributed by atoms with E-state index in [1.807, 2.05) is 7.05 Å². The van der Waals surface area contributed by atoms with Crippen LogP contribution in [0.3, 0.4) is 0 Å². The van der Waals surface area contributed by atoms with Crippen molar-refractivity contribution < 1.29 is 4.79 Å². The second-order valence-corrected chi connectivity index (χ2v) is 4.89. The van der Waals surface area contributed by atoms with E-state index in [4.69, 9.17) is 0 Å². The first kappa shape index (κ1) is 12.1. The van der Waals surface area contributed by atoms with Crippen molar-refractivity contribution in [2.75, 3.05) is 0 Å².